The van der Waals surface area contributed by atoms with Gasteiger partial charge in [0.2, 0.25) is 0 Å². The molecule has 66 valence electrons. The Hall–Kier alpha value is -0.120. The molecule has 1 fully saturated rings. The molecule has 11 heavy (non-hydrogen) atoms. The normalized spacial score (nSPS) is 26.2. The number of nitrogens with zero attached hydrogens (tertiary/aromatic N) is 1. The van der Waals surface area contributed by atoms with E-state index in [0.717, 1.165) is 19.9 Å². The number of rotatable bonds is 4. The summed E-state index contributed by atoms with van der Waals surface area (Å²) in [4.78, 5) is 2.32. The van der Waals surface area contributed by atoms with Crippen LogP contribution in [0.25, 0.3) is 0 Å². The first-order chi connectivity index (χ1) is 5.38. The molecule has 0 N–H and O–H groups in total. The predicted octanol–water partition coefficient (Wildman–Crippen LogP) is 0.701. The molecule has 1 aliphatic heterocycles. The molecule has 0 amide bonds. The van der Waals surface area contributed by atoms with Crippen LogP contribution in [0.3, 0.4) is 0 Å². The Balaban J connectivity index is 2.25. The minimum Gasteiger partial charge on any atom is -0.383 e. The molecule has 0 bridgehead atoms. The van der Waals surface area contributed by atoms with Gasteiger partial charge in [-0.2, -0.15) is 0 Å². The zero-order chi connectivity index (χ0) is 8.10. The Bertz CT molecular complexity index is 96.3. The van der Waals surface area contributed by atoms with E-state index in [4.69, 9.17) is 9.47 Å². The minimum absolute atomic E-state index is 0.583. The molecular weight excluding hydrogens is 142 g/mol. The second-order valence-electron chi connectivity index (χ2n) is 2.98. The summed E-state index contributed by atoms with van der Waals surface area (Å²) in [5, 5.41) is 0. The Morgan fingerprint density at radius 1 is 1.36 bits per heavy atom. The van der Waals surface area contributed by atoms with E-state index in [1.54, 1.807) is 14.2 Å². The maximum absolute atomic E-state index is 5.11. The van der Waals surface area contributed by atoms with Crippen LogP contribution in [0.15, 0.2) is 0 Å². The maximum atomic E-state index is 5.11. The topological polar surface area (TPSA) is 21.7 Å². The number of ether oxygens (including phenoxy) is 2. The van der Waals surface area contributed by atoms with E-state index in [1.807, 2.05) is 0 Å². The van der Waals surface area contributed by atoms with E-state index in [0.29, 0.717) is 6.04 Å². The molecule has 1 heterocycles. The molecule has 0 aromatic rings. The highest BCUT2D eigenvalue weighted by molar-refractivity contribution is 4.76. The zero-order valence-corrected chi connectivity index (χ0v) is 7.38. The number of hydrogen-bond donors (Lipinski definition) is 0. The third kappa shape index (κ3) is 2.43. The van der Waals surface area contributed by atoms with Crippen molar-refractivity contribution in [2.45, 2.75) is 18.9 Å². The highest BCUT2D eigenvalue weighted by Crippen LogP contribution is 2.16. The van der Waals surface area contributed by atoms with Crippen LogP contribution in [0.1, 0.15) is 12.8 Å². The zero-order valence-electron chi connectivity index (χ0n) is 7.38. The molecule has 0 saturated carbocycles. The van der Waals surface area contributed by atoms with Gasteiger partial charge in [0, 0.05) is 26.8 Å². The lowest BCUT2D eigenvalue weighted by atomic mass is 10.2. The van der Waals surface area contributed by atoms with Crippen LogP contribution in [0, 0.1) is 0 Å². The summed E-state index contributed by atoms with van der Waals surface area (Å²) in [6, 6.07) is 0.583. The first-order valence-corrected chi connectivity index (χ1v) is 4.10. The number of likely N-dealkylation sites (tertiary alicyclic amines) is 1. The SMILES string of the molecule is COCC1CCCN1COC. The third-order valence-electron chi connectivity index (χ3n) is 2.15. The van der Waals surface area contributed by atoms with E-state index in [1.165, 1.54) is 12.8 Å². The monoisotopic (exact) mass is 159 g/mol. The fourth-order valence-electron chi connectivity index (χ4n) is 1.61. The predicted molar refractivity (Wildman–Crippen MR) is 43.5 cm³/mol. The van der Waals surface area contributed by atoms with Gasteiger partial charge >= 0.3 is 0 Å². The summed E-state index contributed by atoms with van der Waals surface area (Å²) in [7, 11) is 3.49. The standard InChI is InChI=1S/C8H17NO2/c1-10-6-8-4-3-5-9(8)7-11-2/h8H,3-7H2,1-2H3. The molecule has 1 rings (SSSR count). The Morgan fingerprint density at radius 2 is 2.18 bits per heavy atom. The van der Waals surface area contributed by atoms with Crippen molar-refractivity contribution in [2.75, 3.05) is 34.1 Å². The van der Waals surface area contributed by atoms with Crippen LogP contribution in [0.5, 0.6) is 0 Å². The van der Waals surface area contributed by atoms with E-state index in [2.05, 4.69) is 4.90 Å². The van der Waals surface area contributed by atoms with Gasteiger partial charge in [-0.1, -0.05) is 0 Å². The smallest absolute Gasteiger partial charge is 0.0989 e. The van der Waals surface area contributed by atoms with Crippen LogP contribution in [0.2, 0.25) is 0 Å². The van der Waals surface area contributed by atoms with Crippen molar-refractivity contribution in [1.82, 2.24) is 4.90 Å². The first kappa shape index (κ1) is 8.97. The van der Waals surface area contributed by atoms with E-state index in [-0.39, 0.29) is 0 Å². The van der Waals surface area contributed by atoms with Crippen LogP contribution >= 0.6 is 0 Å². The highest BCUT2D eigenvalue weighted by Gasteiger charge is 2.23. The molecule has 1 atom stereocenters. The Morgan fingerprint density at radius 3 is 2.82 bits per heavy atom. The fourth-order valence-corrected chi connectivity index (χ4v) is 1.61. The molecule has 3 nitrogen and oxygen atoms in total. The second-order valence-corrected chi connectivity index (χ2v) is 2.98. The summed E-state index contributed by atoms with van der Waals surface area (Å²) in [6.07, 6.45) is 2.52. The van der Waals surface area contributed by atoms with E-state index in [9.17, 15) is 0 Å². The third-order valence-corrected chi connectivity index (χ3v) is 2.15. The largest absolute Gasteiger partial charge is 0.383 e. The molecular formula is C8H17NO2. The number of methoxy groups -OCH3 is 2. The van der Waals surface area contributed by atoms with Gasteiger partial charge in [-0.15, -0.1) is 0 Å². The molecule has 0 aromatic heterocycles. The molecule has 0 aromatic carbocycles. The molecule has 0 aliphatic carbocycles. The van der Waals surface area contributed by atoms with Crippen molar-refractivity contribution in [2.24, 2.45) is 0 Å². The molecule has 3 heteroatoms. The van der Waals surface area contributed by atoms with Gasteiger partial charge in [0.15, 0.2) is 0 Å². The minimum atomic E-state index is 0.583. The molecule has 1 saturated heterocycles. The van der Waals surface area contributed by atoms with Crippen LogP contribution in [-0.4, -0.2) is 45.0 Å². The van der Waals surface area contributed by atoms with Crippen molar-refractivity contribution in [3.05, 3.63) is 0 Å². The summed E-state index contributed by atoms with van der Waals surface area (Å²) in [5.74, 6) is 0. The van der Waals surface area contributed by atoms with Crippen molar-refractivity contribution < 1.29 is 9.47 Å². The van der Waals surface area contributed by atoms with Gasteiger partial charge in [-0.3, -0.25) is 4.90 Å². The summed E-state index contributed by atoms with van der Waals surface area (Å²) in [6.45, 7) is 2.74. The lowest BCUT2D eigenvalue weighted by molar-refractivity contribution is 0.0275. The van der Waals surface area contributed by atoms with Gasteiger partial charge in [0.25, 0.3) is 0 Å². The number of hydrogen-bond acceptors (Lipinski definition) is 3. The quantitative estimate of drug-likeness (QED) is 0.602. The summed E-state index contributed by atoms with van der Waals surface area (Å²) >= 11 is 0. The van der Waals surface area contributed by atoms with Gasteiger partial charge < -0.3 is 9.47 Å². The lowest BCUT2D eigenvalue weighted by Crippen LogP contribution is -2.34. The lowest BCUT2D eigenvalue weighted by Gasteiger charge is -2.22. The van der Waals surface area contributed by atoms with E-state index >= 15 is 0 Å². The second kappa shape index (κ2) is 4.70. The maximum Gasteiger partial charge on any atom is 0.0989 e. The summed E-state index contributed by atoms with van der Waals surface area (Å²) < 4.78 is 10.2. The van der Waals surface area contributed by atoms with Crippen LogP contribution < -0.4 is 0 Å². The van der Waals surface area contributed by atoms with Gasteiger partial charge in [-0.25, -0.2) is 0 Å². The molecule has 0 radical (unpaired) electrons. The fraction of sp³-hybridized carbons (Fsp3) is 1.00. The van der Waals surface area contributed by atoms with Crippen LogP contribution in [-0.2, 0) is 9.47 Å². The van der Waals surface area contributed by atoms with E-state index < -0.39 is 0 Å². The van der Waals surface area contributed by atoms with Crippen molar-refractivity contribution in [3.8, 4) is 0 Å². The van der Waals surface area contributed by atoms with Crippen molar-refractivity contribution in [1.29, 1.82) is 0 Å². The Kier molecular flexibility index (Phi) is 3.83. The molecule has 0 spiro atoms. The molecule has 1 unspecified atom stereocenters. The van der Waals surface area contributed by atoms with Gasteiger partial charge in [0.05, 0.1) is 13.3 Å². The average molecular weight is 159 g/mol. The average Bonchev–Trinajstić information content (AvgIpc) is 2.39. The first-order valence-electron chi connectivity index (χ1n) is 4.10. The summed E-state index contributed by atoms with van der Waals surface area (Å²) in [5.41, 5.74) is 0. The van der Waals surface area contributed by atoms with Gasteiger partial charge in [0.1, 0.15) is 0 Å². The highest BCUT2D eigenvalue weighted by atomic mass is 16.5. The van der Waals surface area contributed by atoms with Crippen LogP contribution in [0.4, 0.5) is 0 Å². The van der Waals surface area contributed by atoms with Crippen molar-refractivity contribution >= 4 is 0 Å². The van der Waals surface area contributed by atoms with Gasteiger partial charge in [-0.05, 0) is 12.8 Å². The molecule has 1 aliphatic rings. The Labute approximate surface area is 68.3 Å². The van der Waals surface area contributed by atoms with Crippen molar-refractivity contribution in [3.63, 3.8) is 0 Å².